The molecule has 68 valence electrons. The van der Waals surface area contributed by atoms with E-state index in [1.807, 2.05) is 6.26 Å². The van der Waals surface area contributed by atoms with Crippen molar-refractivity contribution in [1.29, 1.82) is 0 Å². The van der Waals surface area contributed by atoms with Crippen LogP contribution in [-0.2, 0) is 6.42 Å². The summed E-state index contributed by atoms with van der Waals surface area (Å²) in [4.78, 5) is 0. The maximum Gasteiger partial charge on any atom is 0.107 e. The molecule has 0 spiro atoms. The smallest absolute Gasteiger partial charge is 0.107 e. The van der Waals surface area contributed by atoms with Gasteiger partial charge in [0.05, 0.1) is 6.26 Å². The first-order valence-corrected chi connectivity index (χ1v) is 5.10. The second-order valence-electron chi connectivity index (χ2n) is 4.27. The van der Waals surface area contributed by atoms with Crippen molar-refractivity contribution in [2.24, 2.45) is 5.92 Å². The van der Waals surface area contributed by atoms with Gasteiger partial charge in [0.15, 0.2) is 0 Å². The lowest BCUT2D eigenvalue weighted by atomic mass is 9.79. The fourth-order valence-corrected chi connectivity index (χ4v) is 2.96. The lowest BCUT2D eigenvalue weighted by molar-refractivity contribution is 0.391. The summed E-state index contributed by atoms with van der Waals surface area (Å²) in [7, 11) is 0. The minimum absolute atomic E-state index is 0.627. The molecule has 0 aromatic carbocycles. The fourth-order valence-electron chi connectivity index (χ4n) is 2.96. The predicted molar refractivity (Wildman–Crippen MR) is 51.6 cm³/mol. The normalized spacial score (nSPS) is 31.5. The molecule has 0 bridgehead atoms. The molecule has 1 saturated carbocycles. The van der Waals surface area contributed by atoms with Gasteiger partial charge in [-0.1, -0.05) is 12.2 Å². The standard InChI is InChI=1S/C12H14O/c1-8-2-3-9-4-5-11-10(12(8)9)6-7-13-11/h6-7,9,12H,1-5H2/t9-,12-/m0/s1. The van der Waals surface area contributed by atoms with Crippen LogP contribution in [0.2, 0.25) is 0 Å². The zero-order chi connectivity index (χ0) is 8.84. The first-order valence-electron chi connectivity index (χ1n) is 5.10. The maximum absolute atomic E-state index is 5.47. The molecule has 0 unspecified atom stereocenters. The van der Waals surface area contributed by atoms with Gasteiger partial charge in [0, 0.05) is 17.9 Å². The quantitative estimate of drug-likeness (QED) is 0.550. The molecular formula is C12H14O. The molecule has 0 N–H and O–H groups in total. The van der Waals surface area contributed by atoms with Crippen molar-refractivity contribution in [1.82, 2.24) is 0 Å². The minimum Gasteiger partial charge on any atom is -0.469 e. The van der Waals surface area contributed by atoms with E-state index in [1.54, 1.807) is 0 Å². The molecule has 2 aliphatic carbocycles. The van der Waals surface area contributed by atoms with E-state index >= 15 is 0 Å². The summed E-state index contributed by atoms with van der Waals surface area (Å²) < 4.78 is 5.47. The Morgan fingerprint density at radius 2 is 2.15 bits per heavy atom. The van der Waals surface area contributed by atoms with Crippen LogP contribution in [0.25, 0.3) is 0 Å². The second kappa shape index (κ2) is 2.50. The average molecular weight is 174 g/mol. The lowest BCUT2D eigenvalue weighted by Gasteiger charge is -2.25. The lowest BCUT2D eigenvalue weighted by Crippen LogP contribution is -2.14. The van der Waals surface area contributed by atoms with E-state index in [0.29, 0.717) is 5.92 Å². The van der Waals surface area contributed by atoms with Crippen LogP contribution in [0.15, 0.2) is 28.9 Å². The van der Waals surface area contributed by atoms with Gasteiger partial charge in [0.25, 0.3) is 0 Å². The highest BCUT2D eigenvalue weighted by atomic mass is 16.3. The molecule has 1 aromatic rings. The molecule has 3 rings (SSSR count). The van der Waals surface area contributed by atoms with Gasteiger partial charge in [-0.25, -0.2) is 0 Å². The van der Waals surface area contributed by atoms with Gasteiger partial charge in [-0.05, 0) is 31.2 Å². The van der Waals surface area contributed by atoms with Crippen molar-refractivity contribution >= 4 is 0 Å². The Hall–Kier alpha value is -0.980. The van der Waals surface area contributed by atoms with Crippen molar-refractivity contribution in [2.45, 2.75) is 31.6 Å². The van der Waals surface area contributed by atoms with Crippen LogP contribution in [0.4, 0.5) is 0 Å². The van der Waals surface area contributed by atoms with Crippen LogP contribution in [0.3, 0.4) is 0 Å². The highest BCUT2D eigenvalue weighted by Gasteiger charge is 2.36. The summed E-state index contributed by atoms with van der Waals surface area (Å²) in [5.74, 6) is 2.70. The Morgan fingerprint density at radius 1 is 1.31 bits per heavy atom. The third-order valence-electron chi connectivity index (χ3n) is 3.60. The third-order valence-corrected chi connectivity index (χ3v) is 3.60. The average Bonchev–Trinajstić information content (AvgIpc) is 2.70. The van der Waals surface area contributed by atoms with E-state index in [9.17, 15) is 0 Å². The summed E-state index contributed by atoms with van der Waals surface area (Å²) in [6.45, 7) is 4.18. The van der Waals surface area contributed by atoms with E-state index in [1.165, 1.54) is 36.2 Å². The summed E-state index contributed by atoms with van der Waals surface area (Å²) in [5, 5.41) is 0. The first kappa shape index (κ1) is 7.43. The van der Waals surface area contributed by atoms with E-state index in [4.69, 9.17) is 4.42 Å². The molecule has 2 aliphatic rings. The molecule has 0 saturated heterocycles. The van der Waals surface area contributed by atoms with Crippen molar-refractivity contribution < 1.29 is 4.42 Å². The Kier molecular flexibility index (Phi) is 1.43. The Morgan fingerprint density at radius 3 is 3.08 bits per heavy atom. The molecule has 13 heavy (non-hydrogen) atoms. The van der Waals surface area contributed by atoms with Gasteiger partial charge < -0.3 is 4.42 Å². The van der Waals surface area contributed by atoms with Crippen LogP contribution in [-0.4, -0.2) is 0 Å². The molecule has 0 radical (unpaired) electrons. The number of hydrogen-bond donors (Lipinski definition) is 0. The molecule has 0 aliphatic heterocycles. The number of fused-ring (bicyclic) bond motifs is 3. The SMILES string of the molecule is C=C1CC[C@H]2CCc3occc3[C@@H]12. The van der Waals surface area contributed by atoms with Gasteiger partial charge in [0.2, 0.25) is 0 Å². The fraction of sp³-hybridized carbons (Fsp3) is 0.500. The molecule has 1 fully saturated rings. The highest BCUT2D eigenvalue weighted by Crippen LogP contribution is 2.49. The van der Waals surface area contributed by atoms with Gasteiger partial charge in [-0.2, -0.15) is 0 Å². The Bertz CT molecular complexity index is 348. The van der Waals surface area contributed by atoms with Gasteiger partial charge >= 0.3 is 0 Å². The topological polar surface area (TPSA) is 13.1 Å². The molecule has 1 nitrogen and oxygen atoms in total. The number of furan rings is 1. The van der Waals surface area contributed by atoms with Crippen LogP contribution >= 0.6 is 0 Å². The molecule has 0 amide bonds. The number of allylic oxidation sites excluding steroid dienone is 1. The molecular weight excluding hydrogens is 160 g/mol. The van der Waals surface area contributed by atoms with E-state index in [-0.39, 0.29) is 0 Å². The molecule has 1 heterocycles. The number of hydrogen-bond acceptors (Lipinski definition) is 1. The summed E-state index contributed by atoms with van der Waals surface area (Å²) in [5.41, 5.74) is 2.85. The van der Waals surface area contributed by atoms with Crippen LogP contribution < -0.4 is 0 Å². The molecule has 2 atom stereocenters. The Labute approximate surface area is 78.4 Å². The van der Waals surface area contributed by atoms with Gasteiger partial charge in [0.1, 0.15) is 5.76 Å². The highest BCUT2D eigenvalue weighted by molar-refractivity contribution is 5.35. The van der Waals surface area contributed by atoms with E-state index < -0.39 is 0 Å². The summed E-state index contributed by atoms with van der Waals surface area (Å²) >= 11 is 0. The predicted octanol–water partition coefficient (Wildman–Crippen LogP) is 3.28. The van der Waals surface area contributed by atoms with Crippen molar-refractivity contribution in [2.75, 3.05) is 0 Å². The summed E-state index contributed by atoms with van der Waals surface area (Å²) in [6.07, 6.45) is 6.83. The monoisotopic (exact) mass is 174 g/mol. The van der Waals surface area contributed by atoms with Crippen LogP contribution in [0, 0.1) is 5.92 Å². The molecule has 1 aromatic heterocycles. The first-order chi connectivity index (χ1) is 6.36. The number of aryl methyl sites for hydroxylation is 1. The Balaban J connectivity index is 2.10. The van der Waals surface area contributed by atoms with Crippen LogP contribution in [0.1, 0.15) is 36.5 Å². The van der Waals surface area contributed by atoms with Gasteiger partial charge in [-0.3, -0.25) is 0 Å². The van der Waals surface area contributed by atoms with E-state index in [0.717, 1.165) is 12.3 Å². The van der Waals surface area contributed by atoms with Crippen LogP contribution in [0.5, 0.6) is 0 Å². The third kappa shape index (κ3) is 0.932. The summed E-state index contributed by atoms with van der Waals surface area (Å²) in [6, 6.07) is 2.14. The second-order valence-corrected chi connectivity index (χ2v) is 4.27. The largest absolute Gasteiger partial charge is 0.469 e. The zero-order valence-electron chi connectivity index (χ0n) is 7.75. The number of rotatable bonds is 0. The van der Waals surface area contributed by atoms with Crippen molar-refractivity contribution in [3.8, 4) is 0 Å². The maximum atomic E-state index is 5.47. The van der Waals surface area contributed by atoms with Gasteiger partial charge in [-0.15, -0.1) is 0 Å². The molecule has 1 heteroatoms. The minimum atomic E-state index is 0.627. The zero-order valence-corrected chi connectivity index (χ0v) is 7.75. The van der Waals surface area contributed by atoms with Crippen molar-refractivity contribution in [3.63, 3.8) is 0 Å². The van der Waals surface area contributed by atoms with Crippen molar-refractivity contribution in [3.05, 3.63) is 35.8 Å². The van der Waals surface area contributed by atoms with E-state index in [2.05, 4.69) is 12.6 Å².